The average molecular weight is 310 g/mol. The van der Waals surface area contributed by atoms with Crippen molar-refractivity contribution in [3.05, 3.63) is 56.6 Å². The molecule has 0 saturated heterocycles. The van der Waals surface area contributed by atoms with Gasteiger partial charge in [-0.2, -0.15) is 0 Å². The van der Waals surface area contributed by atoms with E-state index in [1.165, 1.54) is 18.2 Å². The monoisotopic (exact) mass is 310 g/mol. The van der Waals surface area contributed by atoms with Crippen molar-refractivity contribution in [2.75, 3.05) is 0 Å². The summed E-state index contributed by atoms with van der Waals surface area (Å²) < 4.78 is 0. The summed E-state index contributed by atoms with van der Waals surface area (Å²) in [5.74, 6) is -1.47. The Morgan fingerprint density at radius 2 is 1.14 bits per heavy atom. The number of benzene rings is 2. The molecule has 116 valence electrons. The number of phenols is 4. The van der Waals surface area contributed by atoms with Crippen molar-refractivity contribution in [2.45, 2.75) is 0 Å². The third-order valence-corrected chi connectivity index (χ3v) is 2.29. The standard InChI is InChI=1S/C6H4N2O6.C6H6O2/c9-5-2-6(10)4(8(13)14)1-3(5)7(11)12;7-5-2-1-3-6(8)4-5/h1-2,9-10H;1-4,7-8H. The molecule has 0 atom stereocenters. The van der Waals surface area contributed by atoms with Gasteiger partial charge in [-0.3, -0.25) is 20.2 Å². The Morgan fingerprint density at radius 1 is 0.727 bits per heavy atom. The molecule has 0 saturated carbocycles. The number of nitro groups is 2. The highest BCUT2D eigenvalue weighted by Gasteiger charge is 2.23. The highest BCUT2D eigenvalue weighted by atomic mass is 16.6. The van der Waals surface area contributed by atoms with Crippen LogP contribution in [0.15, 0.2) is 36.4 Å². The topological polar surface area (TPSA) is 167 Å². The van der Waals surface area contributed by atoms with Gasteiger partial charge in [0.25, 0.3) is 0 Å². The number of aromatic hydroxyl groups is 4. The third kappa shape index (κ3) is 4.23. The first-order valence-electron chi connectivity index (χ1n) is 5.55. The third-order valence-electron chi connectivity index (χ3n) is 2.29. The fraction of sp³-hybridized carbons (Fsp3) is 0. The molecule has 0 radical (unpaired) electrons. The SMILES string of the molecule is O=[N+]([O-])c1cc([N+](=O)[O-])c(O)cc1O.Oc1cccc(O)c1. The lowest BCUT2D eigenvalue weighted by molar-refractivity contribution is -0.395. The van der Waals surface area contributed by atoms with E-state index in [-0.39, 0.29) is 11.5 Å². The zero-order valence-corrected chi connectivity index (χ0v) is 10.8. The smallest absolute Gasteiger partial charge is 0.317 e. The minimum Gasteiger partial charge on any atom is -0.508 e. The molecule has 0 amide bonds. The maximum absolute atomic E-state index is 10.2. The van der Waals surface area contributed by atoms with E-state index in [9.17, 15) is 20.2 Å². The normalized spacial score (nSPS) is 9.45. The number of phenolic OH excluding ortho intramolecular Hbond substituents is 4. The van der Waals surface area contributed by atoms with Gasteiger partial charge in [0.15, 0.2) is 11.5 Å². The van der Waals surface area contributed by atoms with Gasteiger partial charge >= 0.3 is 11.4 Å². The van der Waals surface area contributed by atoms with E-state index >= 15 is 0 Å². The second-order valence-electron chi connectivity index (χ2n) is 3.86. The van der Waals surface area contributed by atoms with E-state index < -0.39 is 32.7 Å². The molecule has 0 fully saturated rings. The van der Waals surface area contributed by atoms with Gasteiger partial charge in [0.05, 0.1) is 9.85 Å². The summed E-state index contributed by atoms with van der Waals surface area (Å²) in [4.78, 5) is 18.5. The van der Waals surface area contributed by atoms with E-state index in [4.69, 9.17) is 20.4 Å². The van der Waals surface area contributed by atoms with Gasteiger partial charge in [-0.25, -0.2) is 0 Å². The van der Waals surface area contributed by atoms with E-state index in [1.807, 2.05) is 0 Å². The van der Waals surface area contributed by atoms with Gasteiger partial charge in [-0.1, -0.05) is 6.07 Å². The molecule has 2 rings (SSSR count). The molecule has 0 spiro atoms. The van der Waals surface area contributed by atoms with Gasteiger partial charge in [0.2, 0.25) is 0 Å². The summed E-state index contributed by atoms with van der Waals surface area (Å²) in [6, 6.07) is 6.89. The molecule has 0 aliphatic carbocycles. The molecule has 10 heteroatoms. The molecular formula is C12H10N2O8. The van der Waals surface area contributed by atoms with Crippen molar-refractivity contribution in [1.82, 2.24) is 0 Å². The van der Waals surface area contributed by atoms with Gasteiger partial charge in [0, 0.05) is 12.1 Å². The van der Waals surface area contributed by atoms with Crippen molar-refractivity contribution in [3.8, 4) is 23.0 Å². The predicted molar refractivity (Wildman–Crippen MR) is 72.9 cm³/mol. The van der Waals surface area contributed by atoms with Crippen LogP contribution in [0, 0.1) is 20.2 Å². The number of hydrogen-bond donors (Lipinski definition) is 4. The molecule has 22 heavy (non-hydrogen) atoms. The van der Waals surface area contributed by atoms with Gasteiger partial charge < -0.3 is 20.4 Å². The van der Waals surface area contributed by atoms with Crippen LogP contribution in [0.1, 0.15) is 0 Å². The molecular weight excluding hydrogens is 300 g/mol. The van der Waals surface area contributed by atoms with Crippen molar-refractivity contribution < 1.29 is 30.3 Å². The molecule has 2 aromatic rings. The lowest BCUT2D eigenvalue weighted by Gasteiger charge is -1.98. The maximum atomic E-state index is 10.2. The first-order valence-corrected chi connectivity index (χ1v) is 5.55. The minimum atomic E-state index is -0.984. The van der Waals surface area contributed by atoms with E-state index in [2.05, 4.69) is 0 Å². The number of rotatable bonds is 2. The van der Waals surface area contributed by atoms with Crippen LogP contribution in [-0.4, -0.2) is 30.3 Å². The summed E-state index contributed by atoms with van der Waals surface area (Å²) in [5, 5.41) is 55.7. The number of hydrogen-bond acceptors (Lipinski definition) is 8. The van der Waals surface area contributed by atoms with Crippen LogP contribution >= 0.6 is 0 Å². The first-order chi connectivity index (χ1) is 10.2. The van der Waals surface area contributed by atoms with Crippen LogP contribution < -0.4 is 0 Å². The second-order valence-corrected chi connectivity index (χ2v) is 3.86. The summed E-state index contributed by atoms with van der Waals surface area (Å²) in [5.41, 5.74) is -1.65. The quantitative estimate of drug-likeness (QED) is 0.482. The van der Waals surface area contributed by atoms with Crippen molar-refractivity contribution in [3.63, 3.8) is 0 Å². The van der Waals surface area contributed by atoms with Crippen LogP contribution in [0.5, 0.6) is 23.0 Å². The van der Waals surface area contributed by atoms with Crippen molar-refractivity contribution >= 4 is 11.4 Å². The minimum absolute atomic E-state index is 0.0880. The maximum Gasteiger partial charge on any atom is 0.317 e. The molecule has 4 N–H and O–H groups in total. The fourth-order valence-electron chi connectivity index (χ4n) is 1.34. The van der Waals surface area contributed by atoms with Crippen LogP contribution in [0.25, 0.3) is 0 Å². The Bertz CT molecular complexity index is 664. The van der Waals surface area contributed by atoms with Crippen LogP contribution in [0.4, 0.5) is 11.4 Å². The van der Waals surface area contributed by atoms with Crippen LogP contribution in [-0.2, 0) is 0 Å². The Balaban J connectivity index is 0.000000255. The largest absolute Gasteiger partial charge is 0.508 e. The van der Waals surface area contributed by atoms with E-state index in [1.54, 1.807) is 6.07 Å². The van der Waals surface area contributed by atoms with Crippen molar-refractivity contribution in [1.29, 1.82) is 0 Å². The van der Waals surface area contributed by atoms with Gasteiger partial charge in [-0.05, 0) is 12.1 Å². The molecule has 0 bridgehead atoms. The molecule has 0 aromatic heterocycles. The number of nitro benzene ring substituents is 2. The zero-order valence-electron chi connectivity index (χ0n) is 10.8. The zero-order chi connectivity index (χ0) is 16.9. The molecule has 0 aliphatic heterocycles. The first kappa shape index (κ1) is 16.5. The Kier molecular flexibility index (Phi) is 5.06. The second kappa shape index (κ2) is 6.74. The molecule has 0 unspecified atom stereocenters. The Morgan fingerprint density at radius 3 is 1.41 bits per heavy atom. The van der Waals surface area contributed by atoms with Crippen molar-refractivity contribution in [2.24, 2.45) is 0 Å². The fourth-order valence-corrected chi connectivity index (χ4v) is 1.34. The summed E-state index contributed by atoms with van der Waals surface area (Å²) in [6.07, 6.45) is 0. The summed E-state index contributed by atoms with van der Waals surface area (Å²) in [7, 11) is 0. The lowest BCUT2D eigenvalue weighted by atomic mass is 10.2. The highest BCUT2D eigenvalue weighted by molar-refractivity contribution is 5.60. The Hall–Kier alpha value is -3.56. The molecule has 2 aromatic carbocycles. The van der Waals surface area contributed by atoms with Gasteiger partial charge in [0.1, 0.15) is 17.6 Å². The van der Waals surface area contributed by atoms with Crippen LogP contribution in [0.3, 0.4) is 0 Å². The van der Waals surface area contributed by atoms with Gasteiger partial charge in [-0.15, -0.1) is 0 Å². The number of nitrogens with zero attached hydrogens (tertiary/aromatic N) is 2. The predicted octanol–water partition coefficient (Wildman–Crippen LogP) is 2.01. The van der Waals surface area contributed by atoms with E-state index in [0.29, 0.717) is 12.1 Å². The summed E-state index contributed by atoms with van der Waals surface area (Å²) in [6.45, 7) is 0. The molecule has 0 heterocycles. The molecule has 10 nitrogen and oxygen atoms in total. The average Bonchev–Trinajstić information content (AvgIpc) is 2.38. The lowest BCUT2D eigenvalue weighted by Crippen LogP contribution is -1.93. The highest BCUT2D eigenvalue weighted by Crippen LogP contribution is 2.37. The van der Waals surface area contributed by atoms with E-state index in [0.717, 1.165) is 0 Å². The van der Waals surface area contributed by atoms with Crippen LogP contribution in [0.2, 0.25) is 0 Å². The molecule has 0 aliphatic rings. The Labute approximate surface area is 122 Å². The summed E-state index contributed by atoms with van der Waals surface area (Å²) >= 11 is 0.